The number of rotatable bonds is 33. The number of unbranched alkanes of at least 4 members (excludes halogenated alkanes) is 8. The third kappa shape index (κ3) is 29.0. The maximum Gasteiger partial charge on any atom is 0.305 e. The second-order valence-electron chi connectivity index (χ2n) is 16.9. The van der Waals surface area contributed by atoms with Gasteiger partial charge in [-0.15, -0.1) is 0 Å². The number of hydrogen-bond donors (Lipinski definition) is 0. The van der Waals surface area contributed by atoms with Crippen molar-refractivity contribution in [2.45, 2.75) is 177 Å². The Kier molecular flexibility index (Phi) is 29.9. The first-order valence-corrected chi connectivity index (χ1v) is 21.0. The highest BCUT2D eigenvalue weighted by Gasteiger charge is 2.17. The molecule has 1 amide bonds. The van der Waals surface area contributed by atoms with Crippen molar-refractivity contribution in [3.63, 3.8) is 0 Å². The SMILES string of the molecule is CC(C)CCC(CCOC(=O)CCCCCCCN(CCCCCCCC(=O)OCCC(CCC(C)C)C(C)C)C(=O)CCN(C)C)C(C)C. The van der Waals surface area contributed by atoms with Crippen molar-refractivity contribution < 1.29 is 23.9 Å². The number of carbonyl (C=O) groups is 3. The number of hydrogen-bond acceptors (Lipinski definition) is 6. The van der Waals surface area contributed by atoms with Gasteiger partial charge in [-0.25, -0.2) is 0 Å². The molecule has 0 aliphatic heterocycles. The minimum absolute atomic E-state index is 0.0587. The molecule has 0 aromatic heterocycles. The maximum absolute atomic E-state index is 13.0. The van der Waals surface area contributed by atoms with Gasteiger partial charge in [0.05, 0.1) is 13.2 Å². The summed E-state index contributed by atoms with van der Waals surface area (Å²) >= 11 is 0. The topological polar surface area (TPSA) is 76.1 Å². The van der Waals surface area contributed by atoms with Crippen molar-refractivity contribution in [1.29, 1.82) is 0 Å². The van der Waals surface area contributed by atoms with Crippen molar-refractivity contribution >= 4 is 17.8 Å². The minimum atomic E-state index is -0.0587. The van der Waals surface area contributed by atoms with Crippen LogP contribution in [0.5, 0.6) is 0 Å². The summed E-state index contributed by atoms with van der Waals surface area (Å²) in [6, 6.07) is 0. The highest BCUT2D eigenvalue weighted by Crippen LogP contribution is 2.24. The second-order valence-corrected chi connectivity index (χ2v) is 16.9. The van der Waals surface area contributed by atoms with Gasteiger partial charge in [-0.2, -0.15) is 0 Å². The van der Waals surface area contributed by atoms with Crippen LogP contribution in [0.3, 0.4) is 0 Å². The molecule has 0 aromatic rings. The van der Waals surface area contributed by atoms with Crippen LogP contribution < -0.4 is 0 Å². The molecule has 0 radical (unpaired) electrons. The lowest BCUT2D eigenvalue weighted by molar-refractivity contribution is -0.145. The number of esters is 2. The molecule has 0 saturated heterocycles. The van der Waals surface area contributed by atoms with E-state index in [4.69, 9.17) is 9.47 Å². The summed E-state index contributed by atoms with van der Waals surface area (Å²) in [4.78, 5) is 41.6. The average Bonchev–Trinajstić information content (AvgIpc) is 3.04. The lowest BCUT2D eigenvalue weighted by Gasteiger charge is -2.24. The molecule has 2 atom stereocenters. The van der Waals surface area contributed by atoms with Crippen LogP contribution in [0.25, 0.3) is 0 Å². The minimum Gasteiger partial charge on any atom is -0.466 e. The largest absolute Gasteiger partial charge is 0.466 e. The van der Waals surface area contributed by atoms with E-state index in [9.17, 15) is 14.4 Å². The van der Waals surface area contributed by atoms with Crippen LogP contribution in [-0.4, -0.2) is 74.6 Å². The van der Waals surface area contributed by atoms with Gasteiger partial charge in [-0.05, 0) is 101 Å². The summed E-state index contributed by atoms with van der Waals surface area (Å²) in [6.07, 6.45) is 18.5. The van der Waals surface area contributed by atoms with Crippen LogP contribution in [0, 0.1) is 35.5 Å². The molecule has 0 spiro atoms. The van der Waals surface area contributed by atoms with Crippen molar-refractivity contribution in [2.24, 2.45) is 35.5 Å². The molecule has 50 heavy (non-hydrogen) atoms. The molecular formula is C43H84N2O5. The van der Waals surface area contributed by atoms with Gasteiger partial charge >= 0.3 is 11.9 Å². The highest BCUT2D eigenvalue weighted by atomic mass is 16.5. The molecule has 7 nitrogen and oxygen atoms in total. The highest BCUT2D eigenvalue weighted by molar-refractivity contribution is 5.76. The first kappa shape index (κ1) is 48.4. The molecule has 2 unspecified atom stereocenters. The standard InChI is InChI=1S/C43H84N2O5/c1-35(2)23-25-39(37(5)6)28-33-49-42(47)21-17-13-11-15-19-30-45(41(46)27-32-44(9)10)31-20-16-12-14-18-22-43(48)50-34-29-40(38(7)8)26-24-36(3)4/h35-40H,11-34H2,1-10H3. The number of nitrogens with zero attached hydrogens (tertiary/aromatic N) is 2. The molecular weight excluding hydrogens is 624 g/mol. The van der Waals surface area contributed by atoms with Crippen LogP contribution in [0.4, 0.5) is 0 Å². The van der Waals surface area contributed by atoms with Crippen molar-refractivity contribution in [2.75, 3.05) is 46.9 Å². The van der Waals surface area contributed by atoms with Crippen LogP contribution in [0.2, 0.25) is 0 Å². The Bertz CT molecular complexity index is 785. The van der Waals surface area contributed by atoms with E-state index in [0.29, 0.717) is 68.0 Å². The molecule has 296 valence electrons. The zero-order chi connectivity index (χ0) is 37.7. The summed E-state index contributed by atoms with van der Waals surface area (Å²) in [5.74, 6) is 4.06. The Labute approximate surface area is 310 Å². The van der Waals surface area contributed by atoms with Crippen LogP contribution in [0.15, 0.2) is 0 Å². The summed E-state index contributed by atoms with van der Waals surface area (Å²) in [5, 5.41) is 0. The molecule has 0 aromatic carbocycles. The van der Waals surface area contributed by atoms with Gasteiger partial charge in [0.2, 0.25) is 5.91 Å². The summed E-state index contributed by atoms with van der Waals surface area (Å²) in [6.45, 7) is 21.6. The summed E-state index contributed by atoms with van der Waals surface area (Å²) < 4.78 is 11.1. The predicted octanol–water partition coefficient (Wildman–Crippen LogP) is 10.7. The van der Waals surface area contributed by atoms with Gasteiger partial charge in [0.1, 0.15) is 0 Å². The van der Waals surface area contributed by atoms with Gasteiger partial charge in [0.15, 0.2) is 0 Å². The number of amides is 1. The van der Waals surface area contributed by atoms with Gasteiger partial charge < -0.3 is 19.3 Å². The average molecular weight is 709 g/mol. The van der Waals surface area contributed by atoms with Gasteiger partial charge in [-0.1, -0.05) is 107 Å². The van der Waals surface area contributed by atoms with Crippen LogP contribution >= 0.6 is 0 Å². The molecule has 7 heteroatoms. The fourth-order valence-corrected chi connectivity index (χ4v) is 6.55. The molecule has 0 N–H and O–H groups in total. The van der Waals surface area contributed by atoms with Gasteiger partial charge in [-0.3, -0.25) is 14.4 Å². The lowest BCUT2D eigenvalue weighted by atomic mass is 9.86. The van der Waals surface area contributed by atoms with Crippen LogP contribution in [0.1, 0.15) is 177 Å². The second kappa shape index (κ2) is 30.9. The Morgan fingerprint density at radius 3 is 1.20 bits per heavy atom. The van der Waals surface area contributed by atoms with Gasteiger partial charge in [0.25, 0.3) is 0 Å². The van der Waals surface area contributed by atoms with E-state index in [1.807, 2.05) is 14.1 Å². The third-order valence-corrected chi connectivity index (χ3v) is 10.4. The van der Waals surface area contributed by atoms with Crippen LogP contribution in [-0.2, 0) is 23.9 Å². The van der Waals surface area contributed by atoms with Gasteiger partial charge in [0, 0.05) is 38.9 Å². The van der Waals surface area contributed by atoms with E-state index in [2.05, 4.69) is 65.2 Å². The smallest absolute Gasteiger partial charge is 0.305 e. The molecule has 0 saturated carbocycles. The van der Waals surface area contributed by atoms with Crippen molar-refractivity contribution in [3.05, 3.63) is 0 Å². The Balaban J connectivity index is 4.22. The monoisotopic (exact) mass is 709 g/mol. The number of ether oxygens (including phenoxy) is 2. The normalized spacial score (nSPS) is 13.1. The molecule has 0 aliphatic rings. The van der Waals surface area contributed by atoms with Crippen molar-refractivity contribution in [1.82, 2.24) is 9.80 Å². The third-order valence-electron chi connectivity index (χ3n) is 10.4. The van der Waals surface area contributed by atoms with E-state index >= 15 is 0 Å². The molecule has 0 heterocycles. The molecule has 0 aliphatic carbocycles. The quantitative estimate of drug-likeness (QED) is 0.0499. The zero-order valence-electron chi connectivity index (χ0n) is 34.9. The first-order chi connectivity index (χ1) is 23.7. The van der Waals surface area contributed by atoms with E-state index in [1.54, 1.807) is 0 Å². The predicted molar refractivity (Wildman–Crippen MR) is 211 cm³/mol. The maximum atomic E-state index is 13.0. The van der Waals surface area contributed by atoms with E-state index in [-0.39, 0.29) is 17.8 Å². The molecule has 0 fully saturated rings. The van der Waals surface area contributed by atoms with E-state index in [0.717, 1.165) is 96.7 Å². The Morgan fingerprint density at radius 1 is 0.460 bits per heavy atom. The fraction of sp³-hybridized carbons (Fsp3) is 0.930. The van der Waals surface area contributed by atoms with Crippen molar-refractivity contribution in [3.8, 4) is 0 Å². The summed E-state index contributed by atoms with van der Waals surface area (Å²) in [5.41, 5.74) is 0. The zero-order valence-corrected chi connectivity index (χ0v) is 34.9. The number of carbonyl (C=O) groups excluding carboxylic acids is 3. The Morgan fingerprint density at radius 2 is 0.840 bits per heavy atom. The van der Waals surface area contributed by atoms with E-state index < -0.39 is 0 Å². The molecule has 0 rings (SSSR count). The van der Waals surface area contributed by atoms with E-state index in [1.165, 1.54) is 25.7 Å². The Hall–Kier alpha value is -1.63. The molecule has 0 bridgehead atoms. The summed E-state index contributed by atoms with van der Waals surface area (Å²) in [7, 11) is 4.02. The first-order valence-electron chi connectivity index (χ1n) is 21.0. The lowest BCUT2D eigenvalue weighted by Crippen LogP contribution is -2.34. The fourth-order valence-electron chi connectivity index (χ4n) is 6.55.